The van der Waals surface area contributed by atoms with Crippen molar-refractivity contribution in [2.75, 3.05) is 13.1 Å². The lowest BCUT2D eigenvalue weighted by molar-refractivity contribution is 0.326. The molecule has 14 heavy (non-hydrogen) atoms. The smallest absolute Gasteiger partial charge is 0.107 e. The second kappa shape index (κ2) is 4.38. The largest absolute Gasteiger partial charge is 0.326 e. The van der Waals surface area contributed by atoms with Gasteiger partial charge in [0.15, 0.2) is 0 Å². The number of hydrogen-bond acceptors (Lipinski definition) is 4. The number of aromatic nitrogens is 1. The Bertz CT molecular complexity index is 297. The van der Waals surface area contributed by atoms with E-state index < -0.39 is 0 Å². The third kappa shape index (κ3) is 2.32. The predicted molar refractivity (Wildman–Crippen MR) is 59.4 cm³/mol. The van der Waals surface area contributed by atoms with Gasteiger partial charge >= 0.3 is 0 Å². The molecule has 1 atom stereocenters. The zero-order chi connectivity index (χ0) is 9.97. The minimum absolute atomic E-state index is 0.376. The number of nitrogens with zero attached hydrogens (tertiary/aromatic N) is 2. The molecule has 3 nitrogen and oxygen atoms in total. The fraction of sp³-hybridized carbons (Fsp3) is 0.700. The average molecular weight is 211 g/mol. The van der Waals surface area contributed by atoms with Crippen LogP contribution in [0, 0.1) is 0 Å². The Morgan fingerprint density at radius 3 is 3.14 bits per heavy atom. The summed E-state index contributed by atoms with van der Waals surface area (Å²) < 4.78 is 0. The Kier molecular flexibility index (Phi) is 3.15. The summed E-state index contributed by atoms with van der Waals surface area (Å²) in [5.41, 5.74) is 5.85. The van der Waals surface area contributed by atoms with Crippen molar-refractivity contribution in [3.8, 4) is 0 Å². The lowest BCUT2D eigenvalue weighted by atomic mass is 10.3. The van der Waals surface area contributed by atoms with E-state index in [1.54, 1.807) is 0 Å². The van der Waals surface area contributed by atoms with Gasteiger partial charge in [0, 0.05) is 30.2 Å². The highest BCUT2D eigenvalue weighted by molar-refractivity contribution is 7.11. The molecular weight excluding hydrogens is 194 g/mol. The van der Waals surface area contributed by atoms with Gasteiger partial charge in [0.2, 0.25) is 0 Å². The molecule has 0 aromatic carbocycles. The van der Waals surface area contributed by atoms with E-state index in [9.17, 15) is 0 Å². The van der Waals surface area contributed by atoms with E-state index in [0.717, 1.165) is 32.5 Å². The third-order valence-electron chi connectivity index (χ3n) is 2.62. The van der Waals surface area contributed by atoms with E-state index in [1.165, 1.54) is 9.88 Å². The first-order chi connectivity index (χ1) is 6.78. The Hall–Kier alpha value is -0.450. The van der Waals surface area contributed by atoms with Crippen molar-refractivity contribution in [1.29, 1.82) is 0 Å². The molecule has 1 fully saturated rings. The van der Waals surface area contributed by atoms with Gasteiger partial charge in [-0.1, -0.05) is 6.92 Å². The van der Waals surface area contributed by atoms with Gasteiger partial charge in [-0.25, -0.2) is 4.98 Å². The van der Waals surface area contributed by atoms with Crippen LogP contribution >= 0.6 is 11.3 Å². The summed E-state index contributed by atoms with van der Waals surface area (Å²) in [5, 5.41) is 1.23. The van der Waals surface area contributed by atoms with Crippen LogP contribution in [0.5, 0.6) is 0 Å². The lowest BCUT2D eigenvalue weighted by Crippen LogP contribution is -2.26. The fourth-order valence-electron chi connectivity index (χ4n) is 1.78. The van der Waals surface area contributed by atoms with Gasteiger partial charge in [0.25, 0.3) is 0 Å². The number of likely N-dealkylation sites (tertiary alicyclic amines) is 1. The molecule has 2 rings (SSSR count). The van der Waals surface area contributed by atoms with Gasteiger partial charge in [-0.2, -0.15) is 0 Å². The van der Waals surface area contributed by atoms with Crippen LogP contribution in [0.2, 0.25) is 0 Å². The molecule has 2 N–H and O–H groups in total. The molecule has 0 radical (unpaired) electrons. The minimum atomic E-state index is 0.376. The maximum Gasteiger partial charge on any atom is 0.107 e. The first-order valence-electron chi connectivity index (χ1n) is 5.19. The van der Waals surface area contributed by atoms with Crippen molar-refractivity contribution >= 4 is 11.3 Å². The van der Waals surface area contributed by atoms with E-state index in [2.05, 4.69) is 16.8 Å². The summed E-state index contributed by atoms with van der Waals surface area (Å²) in [5.74, 6) is 0. The topological polar surface area (TPSA) is 42.2 Å². The van der Waals surface area contributed by atoms with E-state index in [-0.39, 0.29) is 0 Å². The summed E-state index contributed by atoms with van der Waals surface area (Å²) in [7, 11) is 0. The molecular formula is C10H17N3S. The highest BCUT2D eigenvalue weighted by Crippen LogP contribution is 2.17. The molecule has 0 bridgehead atoms. The van der Waals surface area contributed by atoms with E-state index >= 15 is 0 Å². The SMILES string of the molecule is CCc1cnc(CN2CCC(N)C2)s1. The van der Waals surface area contributed by atoms with Gasteiger partial charge in [0.1, 0.15) is 5.01 Å². The Labute approximate surface area is 88.9 Å². The monoisotopic (exact) mass is 211 g/mol. The van der Waals surface area contributed by atoms with E-state index in [1.807, 2.05) is 17.5 Å². The fourth-order valence-corrected chi connectivity index (χ4v) is 2.69. The number of aryl methyl sites for hydroxylation is 1. The van der Waals surface area contributed by atoms with Crippen molar-refractivity contribution in [3.63, 3.8) is 0 Å². The predicted octanol–water partition coefficient (Wildman–Crippen LogP) is 1.24. The second-order valence-electron chi connectivity index (χ2n) is 3.86. The van der Waals surface area contributed by atoms with Crippen LogP contribution in [0.25, 0.3) is 0 Å². The molecule has 0 spiro atoms. The molecule has 1 aromatic heterocycles. The molecule has 1 unspecified atom stereocenters. The third-order valence-corrected chi connectivity index (χ3v) is 3.74. The molecule has 0 saturated carbocycles. The number of thiazole rings is 1. The Morgan fingerprint density at radius 1 is 1.71 bits per heavy atom. The molecule has 1 saturated heterocycles. The van der Waals surface area contributed by atoms with Crippen molar-refractivity contribution in [2.45, 2.75) is 32.4 Å². The molecule has 1 aromatic rings. The minimum Gasteiger partial charge on any atom is -0.326 e. The standard InChI is InChI=1S/C10H17N3S/c1-2-9-5-12-10(14-9)7-13-4-3-8(11)6-13/h5,8H,2-4,6-7,11H2,1H3. The van der Waals surface area contributed by atoms with Gasteiger partial charge in [-0.3, -0.25) is 4.90 Å². The molecule has 1 aliphatic rings. The van der Waals surface area contributed by atoms with E-state index in [0.29, 0.717) is 6.04 Å². The molecule has 4 heteroatoms. The summed E-state index contributed by atoms with van der Waals surface area (Å²) in [6, 6.07) is 0.376. The molecule has 0 amide bonds. The first-order valence-corrected chi connectivity index (χ1v) is 6.01. The molecule has 1 aliphatic heterocycles. The average Bonchev–Trinajstić information content (AvgIpc) is 2.76. The van der Waals surface area contributed by atoms with Crippen LogP contribution < -0.4 is 5.73 Å². The van der Waals surface area contributed by atoms with Crippen molar-refractivity contribution in [2.24, 2.45) is 5.73 Å². The molecule has 0 aliphatic carbocycles. The highest BCUT2D eigenvalue weighted by atomic mass is 32.1. The van der Waals surface area contributed by atoms with Crippen LogP contribution in [0.4, 0.5) is 0 Å². The van der Waals surface area contributed by atoms with Crippen molar-refractivity contribution in [1.82, 2.24) is 9.88 Å². The maximum absolute atomic E-state index is 5.85. The van der Waals surface area contributed by atoms with Crippen LogP contribution in [0.1, 0.15) is 23.2 Å². The summed E-state index contributed by atoms with van der Waals surface area (Å²) in [6.07, 6.45) is 4.22. The first kappa shape index (κ1) is 10.1. The van der Waals surface area contributed by atoms with Crippen LogP contribution in [-0.4, -0.2) is 29.0 Å². The lowest BCUT2D eigenvalue weighted by Gasteiger charge is -2.12. The van der Waals surface area contributed by atoms with Gasteiger partial charge in [-0.15, -0.1) is 11.3 Å². The molecule has 2 heterocycles. The maximum atomic E-state index is 5.85. The van der Waals surface area contributed by atoms with Gasteiger partial charge in [0.05, 0.1) is 6.54 Å². The van der Waals surface area contributed by atoms with Crippen LogP contribution in [-0.2, 0) is 13.0 Å². The van der Waals surface area contributed by atoms with Crippen LogP contribution in [0.15, 0.2) is 6.20 Å². The van der Waals surface area contributed by atoms with E-state index in [4.69, 9.17) is 5.73 Å². The number of hydrogen-bond donors (Lipinski definition) is 1. The summed E-state index contributed by atoms with van der Waals surface area (Å²) in [4.78, 5) is 8.18. The summed E-state index contributed by atoms with van der Waals surface area (Å²) in [6.45, 7) is 5.31. The Balaban J connectivity index is 1.90. The molecule has 78 valence electrons. The Morgan fingerprint density at radius 2 is 2.57 bits per heavy atom. The second-order valence-corrected chi connectivity index (χ2v) is 5.06. The van der Waals surface area contributed by atoms with Gasteiger partial charge in [-0.05, 0) is 12.8 Å². The zero-order valence-corrected chi connectivity index (χ0v) is 9.39. The zero-order valence-electron chi connectivity index (χ0n) is 8.57. The quantitative estimate of drug-likeness (QED) is 0.818. The summed E-state index contributed by atoms with van der Waals surface area (Å²) >= 11 is 1.83. The van der Waals surface area contributed by atoms with Crippen molar-refractivity contribution < 1.29 is 0 Å². The van der Waals surface area contributed by atoms with Gasteiger partial charge < -0.3 is 5.73 Å². The highest BCUT2D eigenvalue weighted by Gasteiger charge is 2.19. The van der Waals surface area contributed by atoms with Crippen molar-refractivity contribution in [3.05, 3.63) is 16.1 Å². The number of rotatable bonds is 3. The number of nitrogens with two attached hydrogens (primary N) is 1. The van der Waals surface area contributed by atoms with Crippen LogP contribution in [0.3, 0.4) is 0 Å². The normalized spacial score (nSPS) is 23.1.